The summed E-state index contributed by atoms with van der Waals surface area (Å²) in [5.41, 5.74) is -0.720. The number of benzene rings is 1. The summed E-state index contributed by atoms with van der Waals surface area (Å²) in [6.45, 7) is 5.57. The van der Waals surface area contributed by atoms with E-state index in [1.807, 2.05) is 6.92 Å². The van der Waals surface area contributed by atoms with Gasteiger partial charge in [0.05, 0.1) is 10.5 Å². The number of amides is 3. The summed E-state index contributed by atoms with van der Waals surface area (Å²) in [6.07, 6.45) is 1.73. The number of nitrogens with one attached hydrogen (secondary N) is 1. The molecule has 0 radical (unpaired) electrons. The standard InChI is InChI=1S/C17H21N3O5/c1-10(2)7-8-11(3)18-14(21)9-19-16(22)12-5-4-6-13(20(24)25)15(12)17(19)23/h4-6,10-11H,7-9H2,1-3H3,(H,18,21)/t11-/m1/s1. The molecule has 3 amide bonds. The summed E-state index contributed by atoms with van der Waals surface area (Å²) in [7, 11) is 0. The van der Waals surface area contributed by atoms with Crippen molar-refractivity contribution in [2.75, 3.05) is 6.54 Å². The number of carbonyl (C=O) groups excluding carboxylic acids is 3. The van der Waals surface area contributed by atoms with Crippen molar-refractivity contribution in [2.45, 2.75) is 39.7 Å². The van der Waals surface area contributed by atoms with E-state index in [9.17, 15) is 24.5 Å². The monoisotopic (exact) mass is 347 g/mol. The third-order valence-corrected chi connectivity index (χ3v) is 4.06. The maximum absolute atomic E-state index is 12.4. The quantitative estimate of drug-likeness (QED) is 0.461. The number of nitrogens with zero attached hydrogens (tertiary/aromatic N) is 2. The summed E-state index contributed by atoms with van der Waals surface area (Å²) >= 11 is 0. The number of hydrogen-bond donors (Lipinski definition) is 1. The van der Waals surface area contributed by atoms with E-state index in [-0.39, 0.29) is 17.2 Å². The molecule has 0 saturated carbocycles. The number of hydrogen-bond acceptors (Lipinski definition) is 5. The fraction of sp³-hybridized carbons (Fsp3) is 0.471. The van der Waals surface area contributed by atoms with Gasteiger partial charge in [-0.05, 0) is 31.7 Å². The van der Waals surface area contributed by atoms with Gasteiger partial charge in [0.2, 0.25) is 5.91 Å². The summed E-state index contributed by atoms with van der Waals surface area (Å²) in [6, 6.07) is 3.78. The van der Waals surface area contributed by atoms with E-state index < -0.39 is 34.9 Å². The van der Waals surface area contributed by atoms with Gasteiger partial charge >= 0.3 is 0 Å². The molecule has 2 rings (SSSR count). The molecule has 134 valence electrons. The molecule has 1 N–H and O–H groups in total. The van der Waals surface area contributed by atoms with Crippen LogP contribution in [-0.4, -0.2) is 40.1 Å². The molecule has 1 heterocycles. The maximum atomic E-state index is 12.4. The molecule has 0 unspecified atom stereocenters. The Morgan fingerprint density at radius 2 is 1.88 bits per heavy atom. The lowest BCUT2D eigenvalue weighted by Crippen LogP contribution is -2.43. The van der Waals surface area contributed by atoms with Crippen LogP contribution in [0.5, 0.6) is 0 Å². The smallest absolute Gasteiger partial charge is 0.282 e. The Morgan fingerprint density at radius 3 is 2.48 bits per heavy atom. The van der Waals surface area contributed by atoms with Gasteiger partial charge < -0.3 is 5.32 Å². The summed E-state index contributed by atoms with van der Waals surface area (Å²) in [5, 5.41) is 13.8. The van der Waals surface area contributed by atoms with E-state index in [2.05, 4.69) is 19.2 Å². The van der Waals surface area contributed by atoms with Crippen LogP contribution in [0.4, 0.5) is 5.69 Å². The van der Waals surface area contributed by atoms with Gasteiger partial charge in [-0.15, -0.1) is 0 Å². The highest BCUT2D eigenvalue weighted by Gasteiger charge is 2.41. The normalized spacial score (nSPS) is 14.6. The number of nitro benzene ring substituents is 1. The molecule has 8 nitrogen and oxygen atoms in total. The highest BCUT2D eigenvalue weighted by molar-refractivity contribution is 6.24. The first-order chi connectivity index (χ1) is 11.7. The van der Waals surface area contributed by atoms with Crippen molar-refractivity contribution in [1.29, 1.82) is 0 Å². The van der Waals surface area contributed by atoms with Crippen molar-refractivity contribution in [3.05, 3.63) is 39.4 Å². The Bertz CT molecular complexity index is 729. The Labute approximate surface area is 145 Å². The van der Waals surface area contributed by atoms with Crippen LogP contribution in [-0.2, 0) is 4.79 Å². The first-order valence-corrected chi connectivity index (χ1v) is 8.15. The van der Waals surface area contributed by atoms with E-state index in [1.165, 1.54) is 18.2 Å². The molecule has 0 aromatic heterocycles. The van der Waals surface area contributed by atoms with Crippen molar-refractivity contribution >= 4 is 23.4 Å². The van der Waals surface area contributed by atoms with E-state index in [0.29, 0.717) is 5.92 Å². The van der Waals surface area contributed by atoms with Gasteiger partial charge in [-0.3, -0.25) is 29.4 Å². The second kappa shape index (κ2) is 7.42. The van der Waals surface area contributed by atoms with Crippen molar-refractivity contribution in [3.8, 4) is 0 Å². The third kappa shape index (κ3) is 4.01. The first-order valence-electron chi connectivity index (χ1n) is 8.15. The minimum atomic E-state index is -0.808. The summed E-state index contributed by atoms with van der Waals surface area (Å²) in [4.78, 5) is 47.9. The van der Waals surface area contributed by atoms with Crippen molar-refractivity contribution in [2.24, 2.45) is 5.92 Å². The minimum absolute atomic E-state index is 0.0418. The van der Waals surface area contributed by atoms with Crippen LogP contribution in [0, 0.1) is 16.0 Å². The molecule has 25 heavy (non-hydrogen) atoms. The molecule has 8 heteroatoms. The van der Waals surface area contributed by atoms with E-state index >= 15 is 0 Å². The zero-order chi connectivity index (χ0) is 18.7. The lowest BCUT2D eigenvalue weighted by Gasteiger charge is -2.18. The van der Waals surface area contributed by atoms with Gasteiger partial charge in [0.25, 0.3) is 17.5 Å². The molecule has 0 aliphatic carbocycles. The average Bonchev–Trinajstić information content (AvgIpc) is 2.78. The fourth-order valence-electron chi connectivity index (χ4n) is 2.73. The molecule has 0 spiro atoms. The second-order valence-electron chi connectivity index (χ2n) is 6.59. The van der Waals surface area contributed by atoms with Crippen LogP contribution in [0.25, 0.3) is 0 Å². The molecular weight excluding hydrogens is 326 g/mol. The first kappa shape index (κ1) is 18.6. The van der Waals surface area contributed by atoms with Crippen LogP contribution in [0.15, 0.2) is 18.2 Å². The number of imide groups is 1. The van der Waals surface area contributed by atoms with Crippen LogP contribution in [0.1, 0.15) is 54.3 Å². The van der Waals surface area contributed by atoms with Gasteiger partial charge in [-0.2, -0.15) is 0 Å². The largest absolute Gasteiger partial charge is 0.352 e. The molecule has 0 saturated heterocycles. The van der Waals surface area contributed by atoms with Gasteiger partial charge in [0.1, 0.15) is 12.1 Å². The van der Waals surface area contributed by atoms with Gasteiger partial charge in [0, 0.05) is 12.1 Å². The van der Waals surface area contributed by atoms with E-state index in [0.717, 1.165) is 17.7 Å². The Morgan fingerprint density at radius 1 is 1.20 bits per heavy atom. The molecule has 1 aliphatic rings. The highest BCUT2D eigenvalue weighted by Crippen LogP contribution is 2.30. The highest BCUT2D eigenvalue weighted by atomic mass is 16.6. The number of rotatable bonds is 7. The fourth-order valence-corrected chi connectivity index (χ4v) is 2.73. The zero-order valence-electron chi connectivity index (χ0n) is 14.4. The molecule has 0 fully saturated rings. The second-order valence-corrected chi connectivity index (χ2v) is 6.59. The van der Waals surface area contributed by atoms with Gasteiger partial charge in [-0.25, -0.2) is 0 Å². The number of carbonyl (C=O) groups is 3. The molecule has 1 aromatic carbocycles. The maximum Gasteiger partial charge on any atom is 0.282 e. The third-order valence-electron chi connectivity index (χ3n) is 4.06. The Hall–Kier alpha value is -2.77. The molecule has 0 bridgehead atoms. The Balaban J connectivity index is 2.08. The number of nitro groups is 1. The molecule has 1 atom stereocenters. The Kier molecular flexibility index (Phi) is 5.51. The average molecular weight is 347 g/mol. The van der Waals surface area contributed by atoms with Crippen LogP contribution >= 0.6 is 0 Å². The topological polar surface area (TPSA) is 110 Å². The van der Waals surface area contributed by atoms with Crippen molar-refractivity contribution in [1.82, 2.24) is 10.2 Å². The molecule has 1 aliphatic heterocycles. The van der Waals surface area contributed by atoms with Crippen molar-refractivity contribution < 1.29 is 19.3 Å². The predicted octanol–water partition coefficient (Wildman–Crippen LogP) is 2.13. The number of fused-ring (bicyclic) bond motifs is 1. The predicted molar refractivity (Wildman–Crippen MR) is 90.1 cm³/mol. The van der Waals surface area contributed by atoms with E-state index in [4.69, 9.17) is 0 Å². The summed E-state index contributed by atoms with van der Waals surface area (Å²) < 4.78 is 0. The zero-order valence-corrected chi connectivity index (χ0v) is 14.4. The molecule has 1 aromatic rings. The summed E-state index contributed by atoms with van der Waals surface area (Å²) in [5.74, 6) is -1.45. The SMILES string of the molecule is CC(C)CC[C@@H](C)NC(=O)CN1C(=O)c2cccc([N+](=O)[O-])c2C1=O. The lowest BCUT2D eigenvalue weighted by atomic mass is 10.0. The van der Waals surface area contributed by atoms with Gasteiger partial charge in [-0.1, -0.05) is 19.9 Å². The van der Waals surface area contributed by atoms with Crippen LogP contribution in [0.3, 0.4) is 0 Å². The van der Waals surface area contributed by atoms with Crippen LogP contribution < -0.4 is 5.32 Å². The van der Waals surface area contributed by atoms with Gasteiger partial charge in [0.15, 0.2) is 0 Å². The van der Waals surface area contributed by atoms with E-state index in [1.54, 1.807) is 0 Å². The van der Waals surface area contributed by atoms with Crippen LogP contribution in [0.2, 0.25) is 0 Å². The lowest BCUT2D eigenvalue weighted by molar-refractivity contribution is -0.385. The molecular formula is C17H21N3O5. The minimum Gasteiger partial charge on any atom is -0.352 e. The van der Waals surface area contributed by atoms with Crippen molar-refractivity contribution in [3.63, 3.8) is 0 Å².